The molecule has 182 valence electrons. The van der Waals surface area contributed by atoms with E-state index in [1.807, 2.05) is 35.7 Å². The second-order valence-electron chi connectivity index (χ2n) is 9.00. The highest BCUT2D eigenvalue weighted by Crippen LogP contribution is 2.40. The van der Waals surface area contributed by atoms with Crippen molar-refractivity contribution in [3.8, 4) is 22.4 Å². The fourth-order valence-corrected chi connectivity index (χ4v) is 4.84. The average Bonchev–Trinajstić information content (AvgIpc) is 3.81. The molecule has 8 nitrogen and oxygen atoms in total. The number of nitrogens with one attached hydrogen (secondary N) is 1. The molecule has 1 unspecified atom stereocenters. The first-order chi connectivity index (χ1) is 17.5. The summed E-state index contributed by atoms with van der Waals surface area (Å²) in [6, 6.07) is 16.2. The lowest BCUT2D eigenvalue weighted by Gasteiger charge is -2.17. The van der Waals surface area contributed by atoms with E-state index in [-0.39, 0.29) is 11.8 Å². The number of nitrogens with zero attached hydrogens (tertiary/aromatic N) is 3. The second-order valence-corrected chi connectivity index (χ2v) is 10.0. The van der Waals surface area contributed by atoms with Crippen LogP contribution in [0, 0.1) is 5.92 Å². The van der Waals surface area contributed by atoms with Gasteiger partial charge in [0.2, 0.25) is 5.91 Å². The van der Waals surface area contributed by atoms with E-state index in [0.29, 0.717) is 27.9 Å². The molecule has 2 aromatic carbocycles. The van der Waals surface area contributed by atoms with Gasteiger partial charge in [-0.3, -0.25) is 9.78 Å². The molecule has 36 heavy (non-hydrogen) atoms. The normalized spacial score (nSPS) is 16.9. The molecular weight excluding hydrogens is 500 g/mol. The predicted molar refractivity (Wildman–Crippen MR) is 135 cm³/mol. The molecule has 1 aliphatic carbocycles. The van der Waals surface area contributed by atoms with E-state index in [9.17, 15) is 9.90 Å². The molecule has 1 saturated heterocycles. The minimum absolute atomic E-state index is 0.121. The quantitative estimate of drug-likeness (QED) is 0.233. The maximum atomic E-state index is 13.3. The van der Waals surface area contributed by atoms with Crippen LogP contribution in [0.2, 0.25) is 5.02 Å². The summed E-state index contributed by atoms with van der Waals surface area (Å²) in [6.07, 6.45) is 4.78. The standard InChI is InChI=1S/C26H21ClN4O4S/c27-18-6-9-20(24-14-36-31-30-24)21(12-18)16-3-10-23(28-13-16)22(11-15-1-2-15)25(32)29-19-7-4-17(5-8-19)26(33)34-35-26/h3-10,12-15,22,33H,1-2,11H2,(H,29,32). The zero-order chi connectivity index (χ0) is 24.7. The topological polar surface area (TPSA) is 113 Å². The smallest absolute Gasteiger partial charge is 0.336 e. The number of rotatable bonds is 8. The number of carbonyl (C=O) groups excluding carboxylic acids is 1. The number of aromatic nitrogens is 3. The first-order valence-corrected chi connectivity index (χ1v) is 12.7. The van der Waals surface area contributed by atoms with Gasteiger partial charge in [-0.05, 0) is 71.9 Å². The van der Waals surface area contributed by atoms with Gasteiger partial charge in [0, 0.05) is 39.0 Å². The zero-order valence-electron chi connectivity index (χ0n) is 18.9. The van der Waals surface area contributed by atoms with Gasteiger partial charge in [0.1, 0.15) is 5.69 Å². The van der Waals surface area contributed by atoms with Gasteiger partial charge >= 0.3 is 5.97 Å². The Labute approximate surface area is 216 Å². The van der Waals surface area contributed by atoms with Gasteiger partial charge in [0.05, 0.1) is 11.6 Å². The van der Waals surface area contributed by atoms with Crippen molar-refractivity contribution in [3.05, 3.63) is 82.5 Å². The number of anilines is 1. The van der Waals surface area contributed by atoms with Crippen LogP contribution in [0.3, 0.4) is 0 Å². The van der Waals surface area contributed by atoms with Crippen LogP contribution in [0.25, 0.3) is 22.4 Å². The number of hydrogen-bond acceptors (Lipinski definition) is 8. The molecule has 6 rings (SSSR count). The number of halogens is 1. The molecule has 2 aromatic heterocycles. The number of aliphatic hydroxyl groups is 1. The minimum atomic E-state index is -1.68. The van der Waals surface area contributed by atoms with Gasteiger partial charge in [-0.25, -0.2) is 0 Å². The van der Waals surface area contributed by atoms with E-state index >= 15 is 0 Å². The molecular formula is C26H21ClN4O4S. The Morgan fingerprint density at radius 1 is 1.14 bits per heavy atom. The van der Waals surface area contributed by atoms with Gasteiger partial charge in [0.15, 0.2) is 0 Å². The van der Waals surface area contributed by atoms with Gasteiger partial charge in [-0.15, -0.1) is 5.10 Å². The first-order valence-electron chi connectivity index (χ1n) is 11.5. The number of benzene rings is 2. The summed E-state index contributed by atoms with van der Waals surface area (Å²) in [5.41, 5.74) is 5.28. The first kappa shape index (κ1) is 23.2. The Bertz CT molecular complexity index is 1390. The molecule has 1 amide bonds. The molecule has 1 atom stereocenters. The van der Waals surface area contributed by atoms with Crippen molar-refractivity contribution in [1.82, 2.24) is 14.6 Å². The van der Waals surface area contributed by atoms with Crippen molar-refractivity contribution >= 4 is 34.7 Å². The molecule has 2 aliphatic rings. The molecule has 10 heteroatoms. The van der Waals surface area contributed by atoms with Crippen LogP contribution < -0.4 is 5.32 Å². The second kappa shape index (κ2) is 9.34. The van der Waals surface area contributed by atoms with Crippen molar-refractivity contribution in [2.45, 2.75) is 31.2 Å². The van der Waals surface area contributed by atoms with E-state index in [1.165, 1.54) is 11.5 Å². The Kier molecular flexibility index (Phi) is 6.02. The third kappa shape index (κ3) is 4.88. The number of carbonyl (C=O) groups is 1. The highest BCUT2D eigenvalue weighted by molar-refractivity contribution is 7.03. The molecule has 3 heterocycles. The molecule has 1 saturated carbocycles. The zero-order valence-corrected chi connectivity index (χ0v) is 20.5. The van der Waals surface area contributed by atoms with Crippen molar-refractivity contribution in [3.63, 3.8) is 0 Å². The lowest BCUT2D eigenvalue weighted by molar-refractivity contribution is -0.117. The third-order valence-electron chi connectivity index (χ3n) is 6.41. The summed E-state index contributed by atoms with van der Waals surface area (Å²) < 4.78 is 3.97. The maximum absolute atomic E-state index is 13.3. The van der Waals surface area contributed by atoms with Crippen molar-refractivity contribution < 1.29 is 19.7 Å². The van der Waals surface area contributed by atoms with Gasteiger partial charge < -0.3 is 10.4 Å². The van der Waals surface area contributed by atoms with E-state index in [2.05, 4.69) is 24.7 Å². The van der Waals surface area contributed by atoms with E-state index in [4.69, 9.17) is 16.6 Å². The highest BCUT2D eigenvalue weighted by Gasteiger charge is 2.49. The molecule has 0 radical (unpaired) electrons. The number of amides is 1. The minimum Gasteiger partial charge on any atom is -0.336 e. The average molecular weight is 521 g/mol. The van der Waals surface area contributed by atoms with Crippen LogP contribution in [-0.2, 0) is 20.5 Å². The van der Waals surface area contributed by atoms with Crippen LogP contribution in [0.1, 0.15) is 36.4 Å². The van der Waals surface area contributed by atoms with E-state index in [1.54, 1.807) is 30.5 Å². The summed E-state index contributed by atoms with van der Waals surface area (Å²) in [7, 11) is 0. The fraction of sp³-hybridized carbons (Fsp3) is 0.231. The molecule has 2 N–H and O–H groups in total. The Hall–Kier alpha value is -3.21. The maximum Gasteiger partial charge on any atom is 0.365 e. The fourth-order valence-electron chi connectivity index (χ4n) is 4.21. The molecule has 1 aliphatic heterocycles. The van der Waals surface area contributed by atoms with Crippen molar-refractivity contribution in [2.75, 3.05) is 5.32 Å². The highest BCUT2D eigenvalue weighted by atomic mass is 35.5. The largest absolute Gasteiger partial charge is 0.365 e. The number of hydrogen-bond donors (Lipinski definition) is 2. The summed E-state index contributed by atoms with van der Waals surface area (Å²) >= 11 is 7.59. The summed E-state index contributed by atoms with van der Waals surface area (Å²) in [5, 5.41) is 19.5. The van der Waals surface area contributed by atoms with Gasteiger partial charge in [0.25, 0.3) is 0 Å². The monoisotopic (exact) mass is 520 g/mol. The van der Waals surface area contributed by atoms with Crippen LogP contribution in [0.4, 0.5) is 5.69 Å². The van der Waals surface area contributed by atoms with Crippen molar-refractivity contribution in [2.24, 2.45) is 5.92 Å². The summed E-state index contributed by atoms with van der Waals surface area (Å²) in [6.45, 7) is 0. The van der Waals surface area contributed by atoms with Gasteiger partial charge in [-0.2, -0.15) is 9.78 Å². The third-order valence-corrected chi connectivity index (χ3v) is 7.15. The van der Waals surface area contributed by atoms with E-state index < -0.39 is 5.97 Å². The van der Waals surface area contributed by atoms with Crippen LogP contribution in [0.5, 0.6) is 0 Å². The Balaban J connectivity index is 1.24. The predicted octanol–water partition coefficient (Wildman–Crippen LogP) is 5.51. The van der Waals surface area contributed by atoms with Crippen molar-refractivity contribution in [1.29, 1.82) is 0 Å². The number of pyridine rings is 1. The molecule has 0 spiro atoms. The van der Waals surface area contributed by atoms with Crippen LogP contribution in [0.15, 0.2) is 66.2 Å². The van der Waals surface area contributed by atoms with E-state index in [0.717, 1.165) is 41.6 Å². The molecule has 2 fully saturated rings. The van der Waals surface area contributed by atoms with Crippen LogP contribution >= 0.6 is 23.1 Å². The SMILES string of the molecule is O=C(Nc1ccc(C2(O)OO2)cc1)C(CC1CC1)c1ccc(-c2cc(Cl)ccc2-c2csnn2)cn1. The lowest BCUT2D eigenvalue weighted by atomic mass is 9.94. The summed E-state index contributed by atoms with van der Waals surface area (Å²) in [5.74, 6) is -1.65. The molecule has 4 aromatic rings. The molecule has 0 bridgehead atoms. The van der Waals surface area contributed by atoms with Gasteiger partial charge in [-0.1, -0.05) is 41.1 Å². The Morgan fingerprint density at radius 3 is 2.58 bits per heavy atom. The lowest BCUT2D eigenvalue weighted by Crippen LogP contribution is -2.22. The van der Waals surface area contributed by atoms with Crippen LogP contribution in [-0.4, -0.2) is 25.6 Å². The Morgan fingerprint density at radius 2 is 1.94 bits per heavy atom. The summed E-state index contributed by atoms with van der Waals surface area (Å²) in [4.78, 5) is 27.1.